The Morgan fingerprint density at radius 3 is 2.76 bits per heavy atom. The number of rotatable bonds is 1. The number of nitrogens with one attached hydrogen (secondary N) is 1. The fraction of sp³-hybridized carbons (Fsp3) is 0.571. The molecule has 0 bridgehead atoms. The first kappa shape index (κ1) is 12.9. The normalized spacial score (nSPS) is 23.8. The first-order chi connectivity index (χ1) is 7.89. The summed E-state index contributed by atoms with van der Waals surface area (Å²) in [5.41, 5.74) is 2.78. The summed E-state index contributed by atoms with van der Waals surface area (Å²) in [5, 5.41) is 3.58. The molecule has 0 amide bonds. The summed E-state index contributed by atoms with van der Waals surface area (Å²) in [6.07, 6.45) is 0. The highest BCUT2D eigenvalue weighted by Gasteiger charge is 2.30. The van der Waals surface area contributed by atoms with Crippen LogP contribution >= 0.6 is 15.9 Å². The number of nitrogens with zero attached hydrogens (tertiary/aromatic N) is 1. The van der Waals surface area contributed by atoms with Crippen molar-refractivity contribution in [1.82, 2.24) is 5.32 Å². The van der Waals surface area contributed by atoms with Gasteiger partial charge in [-0.15, -0.1) is 0 Å². The van der Waals surface area contributed by atoms with Gasteiger partial charge in [-0.25, -0.2) is 0 Å². The lowest BCUT2D eigenvalue weighted by molar-refractivity contribution is 0.318. The van der Waals surface area contributed by atoms with Crippen LogP contribution in [0.2, 0.25) is 0 Å². The van der Waals surface area contributed by atoms with Gasteiger partial charge in [0.1, 0.15) is 0 Å². The van der Waals surface area contributed by atoms with Gasteiger partial charge < -0.3 is 10.2 Å². The second kappa shape index (κ2) is 4.62. The van der Waals surface area contributed by atoms with E-state index in [1.54, 1.807) is 0 Å². The molecule has 3 heteroatoms. The molecule has 0 spiro atoms. The average molecular weight is 297 g/mol. The van der Waals surface area contributed by atoms with Gasteiger partial charge >= 0.3 is 0 Å². The molecule has 1 heterocycles. The highest BCUT2D eigenvalue weighted by atomic mass is 79.9. The van der Waals surface area contributed by atoms with Crippen LogP contribution in [0.4, 0.5) is 5.69 Å². The molecule has 0 saturated carbocycles. The van der Waals surface area contributed by atoms with Crippen LogP contribution in [0, 0.1) is 6.92 Å². The van der Waals surface area contributed by atoms with E-state index in [-0.39, 0.29) is 5.54 Å². The maximum Gasteiger partial charge on any atom is 0.0387 e. The van der Waals surface area contributed by atoms with Crippen molar-refractivity contribution in [3.8, 4) is 0 Å². The lowest BCUT2D eigenvalue weighted by Crippen LogP contribution is -2.61. The number of anilines is 1. The van der Waals surface area contributed by atoms with Crippen molar-refractivity contribution in [2.75, 3.05) is 18.0 Å². The van der Waals surface area contributed by atoms with E-state index in [9.17, 15) is 0 Å². The highest BCUT2D eigenvalue weighted by Crippen LogP contribution is 2.27. The second-order valence-electron chi connectivity index (χ2n) is 5.68. The molecule has 2 nitrogen and oxygen atoms in total. The SMILES string of the molecule is Cc1ccc(N2CC(C)(C)NCC2C)cc1Br. The number of aryl methyl sites for hydroxylation is 1. The summed E-state index contributed by atoms with van der Waals surface area (Å²) in [7, 11) is 0. The second-order valence-corrected chi connectivity index (χ2v) is 6.53. The number of halogens is 1. The molecule has 1 unspecified atom stereocenters. The van der Waals surface area contributed by atoms with Crippen molar-refractivity contribution in [3.05, 3.63) is 28.2 Å². The zero-order valence-electron chi connectivity index (χ0n) is 11.0. The molecule has 1 fully saturated rings. The molecule has 1 saturated heterocycles. The Morgan fingerprint density at radius 1 is 1.41 bits per heavy atom. The summed E-state index contributed by atoms with van der Waals surface area (Å²) in [4.78, 5) is 2.49. The van der Waals surface area contributed by atoms with E-state index >= 15 is 0 Å². The van der Waals surface area contributed by atoms with Crippen molar-refractivity contribution in [3.63, 3.8) is 0 Å². The first-order valence-corrected chi connectivity index (χ1v) is 6.96. The Bertz CT molecular complexity index is 415. The molecule has 2 rings (SSSR count). The van der Waals surface area contributed by atoms with Gasteiger partial charge in [0.25, 0.3) is 0 Å². The zero-order chi connectivity index (χ0) is 12.6. The minimum atomic E-state index is 0.184. The van der Waals surface area contributed by atoms with Crippen molar-refractivity contribution >= 4 is 21.6 Å². The van der Waals surface area contributed by atoms with Crippen LogP contribution in [-0.2, 0) is 0 Å². The van der Waals surface area contributed by atoms with Gasteiger partial charge in [0, 0.05) is 34.8 Å². The first-order valence-electron chi connectivity index (χ1n) is 6.17. The molecule has 1 N–H and O–H groups in total. The molecule has 1 aliphatic rings. The summed E-state index contributed by atoms with van der Waals surface area (Å²) in [6.45, 7) is 11.0. The van der Waals surface area contributed by atoms with Crippen molar-refractivity contribution in [2.24, 2.45) is 0 Å². The molecule has 1 aliphatic heterocycles. The fourth-order valence-electron chi connectivity index (χ4n) is 2.28. The van der Waals surface area contributed by atoms with E-state index in [4.69, 9.17) is 0 Å². The number of piperazine rings is 1. The standard InChI is InChI=1S/C14H21BrN2/c1-10-5-6-12(7-13(10)15)17-9-14(3,4)16-8-11(17)2/h5-7,11,16H,8-9H2,1-4H3. The van der Waals surface area contributed by atoms with E-state index in [1.165, 1.54) is 15.7 Å². The predicted molar refractivity (Wildman–Crippen MR) is 77.8 cm³/mol. The Balaban J connectivity index is 2.28. The number of hydrogen-bond donors (Lipinski definition) is 1. The summed E-state index contributed by atoms with van der Waals surface area (Å²) in [6, 6.07) is 7.17. The Morgan fingerprint density at radius 2 is 2.12 bits per heavy atom. The van der Waals surface area contributed by atoms with Gasteiger partial charge in [-0.3, -0.25) is 0 Å². The quantitative estimate of drug-likeness (QED) is 0.855. The Kier molecular flexibility index (Phi) is 3.50. The molecule has 94 valence electrons. The van der Waals surface area contributed by atoms with Crippen LogP contribution in [0.1, 0.15) is 26.3 Å². The number of benzene rings is 1. The monoisotopic (exact) mass is 296 g/mol. The van der Waals surface area contributed by atoms with Crippen molar-refractivity contribution in [1.29, 1.82) is 0 Å². The maximum atomic E-state index is 3.62. The zero-order valence-corrected chi connectivity index (χ0v) is 12.6. The lowest BCUT2D eigenvalue weighted by atomic mass is 9.98. The average Bonchev–Trinajstić information content (AvgIpc) is 2.26. The smallest absolute Gasteiger partial charge is 0.0387 e. The van der Waals surface area contributed by atoms with E-state index in [0.29, 0.717) is 6.04 Å². The third kappa shape index (κ3) is 2.83. The molecular weight excluding hydrogens is 276 g/mol. The van der Waals surface area contributed by atoms with Crippen LogP contribution in [0.3, 0.4) is 0 Å². The maximum absolute atomic E-state index is 3.62. The Hall–Kier alpha value is -0.540. The lowest BCUT2D eigenvalue weighted by Gasteiger charge is -2.44. The third-order valence-electron chi connectivity index (χ3n) is 3.46. The van der Waals surface area contributed by atoms with Gasteiger partial charge in [0.05, 0.1) is 0 Å². The van der Waals surface area contributed by atoms with Crippen LogP contribution in [0.5, 0.6) is 0 Å². The summed E-state index contributed by atoms with van der Waals surface area (Å²) in [5.74, 6) is 0. The molecular formula is C14H21BrN2. The molecule has 1 aromatic rings. The van der Waals surface area contributed by atoms with Gasteiger partial charge in [-0.05, 0) is 45.4 Å². The van der Waals surface area contributed by atoms with Crippen molar-refractivity contribution < 1.29 is 0 Å². The Labute approximate surface area is 113 Å². The van der Waals surface area contributed by atoms with Gasteiger partial charge in [-0.2, -0.15) is 0 Å². The van der Waals surface area contributed by atoms with E-state index in [1.807, 2.05) is 0 Å². The van der Waals surface area contributed by atoms with Gasteiger partial charge in [0.15, 0.2) is 0 Å². The summed E-state index contributed by atoms with van der Waals surface area (Å²) >= 11 is 3.62. The highest BCUT2D eigenvalue weighted by molar-refractivity contribution is 9.10. The van der Waals surface area contributed by atoms with E-state index in [0.717, 1.165) is 13.1 Å². The molecule has 0 radical (unpaired) electrons. The molecule has 17 heavy (non-hydrogen) atoms. The van der Waals surface area contributed by atoms with Crippen LogP contribution < -0.4 is 10.2 Å². The van der Waals surface area contributed by atoms with Gasteiger partial charge in [0.2, 0.25) is 0 Å². The van der Waals surface area contributed by atoms with Crippen LogP contribution in [0.25, 0.3) is 0 Å². The number of hydrogen-bond acceptors (Lipinski definition) is 2. The predicted octanol–water partition coefficient (Wildman–Crippen LogP) is 3.33. The van der Waals surface area contributed by atoms with E-state index in [2.05, 4.69) is 72.0 Å². The van der Waals surface area contributed by atoms with Crippen LogP contribution in [-0.4, -0.2) is 24.7 Å². The minimum Gasteiger partial charge on any atom is -0.366 e. The largest absolute Gasteiger partial charge is 0.366 e. The molecule has 1 aromatic carbocycles. The third-order valence-corrected chi connectivity index (χ3v) is 4.32. The van der Waals surface area contributed by atoms with Crippen LogP contribution in [0.15, 0.2) is 22.7 Å². The van der Waals surface area contributed by atoms with Crippen molar-refractivity contribution in [2.45, 2.75) is 39.3 Å². The molecule has 0 aliphatic carbocycles. The van der Waals surface area contributed by atoms with Gasteiger partial charge in [-0.1, -0.05) is 22.0 Å². The minimum absolute atomic E-state index is 0.184. The summed E-state index contributed by atoms with van der Waals surface area (Å²) < 4.78 is 1.19. The molecule has 0 aromatic heterocycles. The van der Waals surface area contributed by atoms with E-state index < -0.39 is 0 Å². The molecule has 1 atom stereocenters. The topological polar surface area (TPSA) is 15.3 Å². The fourth-order valence-corrected chi connectivity index (χ4v) is 2.64.